The first-order valence-electron chi connectivity index (χ1n) is 9.57. The number of amides is 4. The average molecular weight is 425 g/mol. The van der Waals surface area contributed by atoms with Gasteiger partial charge in [-0.1, -0.05) is 20.8 Å². The first kappa shape index (κ1) is 21.8. The van der Waals surface area contributed by atoms with Crippen molar-refractivity contribution in [1.29, 1.82) is 0 Å². The Morgan fingerprint density at radius 3 is 2.43 bits per heavy atom. The Bertz CT molecular complexity index is 945. The van der Waals surface area contributed by atoms with E-state index in [0.29, 0.717) is 4.90 Å². The van der Waals surface area contributed by atoms with Gasteiger partial charge in [-0.2, -0.15) is 0 Å². The largest absolute Gasteiger partial charge is 0.381 e. The highest BCUT2D eigenvalue weighted by molar-refractivity contribution is 6.25. The minimum atomic E-state index is -3.05. The molecule has 0 saturated carbocycles. The van der Waals surface area contributed by atoms with Gasteiger partial charge in [-0.15, -0.1) is 0 Å². The van der Waals surface area contributed by atoms with Gasteiger partial charge in [-0.25, -0.2) is 13.2 Å². The summed E-state index contributed by atoms with van der Waals surface area (Å²) in [6, 6.07) is 0.880. The molecule has 4 amide bonds. The Morgan fingerprint density at radius 1 is 1.17 bits per heavy atom. The second kappa shape index (κ2) is 7.41. The van der Waals surface area contributed by atoms with E-state index < -0.39 is 53.2 Å². The molecule has 2 N–H and O–H groups in total. The summed E-state index contributed by atoms with van der Waals surface area (Å²) >= 11 is 0. The zero-order valence-corrected chi connectivity index (χ0v) is 16.8. The van der Waals surface area contributed by atoms with Crippen molar-refractivity contribution >= 4 is 29.3 Å². The molecular formula is C20H22F3N3O4. The number of nitrogens with zero attached hydrogens (tertiary/aromatic N) is 1. The van der Waals surface area contributed by atoms with Crippen molar-refractivity contribution in [2.45, 2.75) is 52.0 Å². The molecule has 0 aromatic heterocycles. The molecule has 2 aliphatic rings. The number of anilines is 1. The number of carbonyl (C=O) groups excluding carboxylic acids is 4. The summed E-state index contributed by atoms with van der Waals surface area (Å²) in [5.41, 5.74) is -2.36. The maximum Gasteiger partial charge on any atom is 0.264 e. The van der Waals surface area contributed by atoms with Gasteiger partial charge in [0, 0.05) is 24.8 Å². The van der Waals surface area contributed by atoms with Crippen molar-refractivity contribution in [3.05, 3.63) is 29.1 Å². The molecule has 1 fully saturated rings. The summed E-state index contributed by atoms with van der Waals surface area (Å²) < 4.78 is 42.9. The number of carbonyl (C=O) groups is 4. The Hall–Kier alpha value is -2.91. The minimum absolute atomic E-state index is 0.0445. The lowest BCUT2D eigenvalue weighted by molar-refractivity contribution is -0.136. The SMILES string of the molecule is CCC(F)(F)C(C)(C)CNc1c(F)ccc2c1C(=O)N(C1CCC(=O)NC1=O)C2=O. The Kier molecular flexibility index (Phi) is 5.38. The van der Waals surface area contributed by atoms with Gasteiger partial charge in [-0.05, 0) is 18.6 Å². The van der Waals surface area contributed by atoms with Crippen molar-refractivity contribution < 1.29 is 32.3 Å². The summed E-state index contributed by atoms with van der Waals surface area (Å²) in [6.45, 7) is 3.60. The van der Waals surface area contributed by atoms with Crippen LogP contribution in [0.2, 0.25) is 0 Å². The summed E-state index contributed by atoms with van der Waals surface area (Å²) in [5.74, 6) is -6.94. The van der Waals surface area contributed by atoms with Crippen LogP contribution < -0.4 is 10.6 Å². The van der Waals surface area contributed by atoms with Crippen molar-refractivity contribution in [2.24, 2.45) is 5.41 Å². The van der Waals surface area contributed by atoms with Crippen LogP contribution in [-0.2, 0) is 9.59 Å². The molecule has 1 aromatic rings. The molecule has 2 heterocycles. The van der Waals surface area contributed by atoms with Crippen LogP contribution in [0.4, 0.5) is 18.9 Å². The highest BCUT2D eigenvalue weighted by Gasteiger charge is 2.48. The molecule has 2 aliphatic heterocycles. The number of hydrogen-bond donors (Lipinski definition) is 2. The fraction of sp³-hybridized carbons (Fsp3) is 0.500. The molecular weight excluding hydrogens is 403 g/mol. The Labute approximate surface area is 171 Å². The zero-order valence-electron chi connectivity index (χ0n) is 16.8. The molecule has 162 valence electrons. The fourth-order valence-electron chi connectivity index (χ4n) is 3.62. The van der Waals surface area contributed by atoms with Crippen LogP contribution in [0.3, 0.4) is 0 Å². The van der Waals surface area contributed by atoms with Crippen molar-refractivity contribution in [3.63, 3.8) is 0 Å². The monoisotopic (exact) mass is 425 g/mol. The second-order valence-electron chi connectivity index (χ2n) is 8.09. The maximum absolute atomic E-state index is 14.5. The summed E-state index contributed by atoms with van der Waals surface area (Å²) in [4.78, 5) is 49.9. The first-order valence-corrected chi connectivity index (χ1v) is 9.57. The van der Waals surface area contributed by atoms with E-state index in [1.807, 2.05) is 0 Å². The second-order valence-corrected chi connectivity index (χ2v) is 8.09. The van der Waals surface area contributed by atoms with Gasteiger partial charge in [-0.3, -0.25) is 29.4 Å². The molecule has 0 bridgehead atoms. The third kappa shape index (κ3) is 3.44. The number of alkyl halides is 2. The van der Waals surface area contributed by atoms with Gasteiger partial charge in [0.25, 0.3) is 17.7 Å². The number of rotatable bonds is 6. The molecule has 1 unspecified atom stereocenters. The van der Waals surface area contributed by atoms with Gasteiger partial charge >= 0.3 is 0 Å². The number of hydrogen-bond acceptors (Lipinski definition) is 5. The highest BCUT2D eigenvalue weighted by Crippen LogP contribution is 2.40. The van der Waals surface area contributed by atoms with Crippen LogP contribution in [0.5, 0.6) is 0 Å². The molecule has 1 saturated heterocycles. The molecule has 30 heavy (non-hydrogen) atoms. The molecule has 1 aromatic carbocycles. The van der Waals surface area contributed by atoms with Gasteiger partial charge in [0.15, 0.2) is 0 Å². The van der Waals surface area contributed by atoms with E-state index in [2.05, 4.69) is 10.6 Å². The van der Waals surface area contributed by atoms with Gasteiger partial charge in [0.05, 0.1) is 16.8 Å². The van der Waals surface area contributed by atoms with Crippen molar-refractivity contribution in [2.75, 3.05) is 11.9 Å². The van der Waals surface area contributed by atoms with Crippen LogP contribution in [0.1, 0.15) is 60.7 Å². The summed E-state index contributed by atoms with van der Waals surface area (Å²) in [6.07, 6.45) is -0.515. The van der Waals surface area contributed by atoms with Crippen LogP contribution in [0.15, 0.2) is 12.1 Å². The predicted octanol–water partition coefficient (Wildman–Crippen LogP) is 2.71. The quantitative estimate of drug-likeness (QED) is 0.684. The van der Waals surface area contributed by atoms with E-state index in [9.17, 15) is 32.3 Å². The summed E-state index contributed by atoms with van der Waals surface area (Å²) in [7, 11) is 0. The lowest BCUT2D eigenvalue weighted by Crippen LogP contribution is -2.54. The normalized spacial score (nSPS) is 19.8. The number of halogens is 3. The van der Waals surface area contributed by atoms with E-state index in [1.54, 1.807) is 0 Å². The molecule has 7 nitrogen and oxygen atoms in total. The lowest BCUT2D eigenvalue weighted by atomic mass is 9.83. The molecule has 1 atom stereocenters. The van der Waals surface area contributed by atoms with E-state index >= 15 is 0 Å². The van der Waals surface area contributed by atoms with Crippen LogP contribution >= 0.6 is 0 Å². The smallest absolute Gasteiger partial charge is 0.264 e. The molecule has 3 rings (SSSR count). The third-order valence-corrected chi connectivity index (χ3v) is 5.70. The van der Waals surface area contributed by atoms with Crippen molar-refractivity contribution in [3.8, 4) is 0 Å². The Morgan fingerprint density at radius 2 is 1.83 bits per heavy atom. The van der Waals surface area contributed by atoms with E-state index in [-0.39, 0.29) is 36.2 Å². The van der Waals surface area contributed by atoms with Gasteiger partial charge in [0.1, 0.15) is 11.9 Å². The number of benzene rings is 1. The topological polar surface area (TPSA) is 95.6 Å². The third-order valence-electron chi connectivity index (χ3n) is 5.70. The van der Waals surface area contributed by atoms with E-state index in [1.165, 1.54) is 20.8 Å². The summed E-state index contributed by atoms with van der Waals surface area (Å²) in [5, 5.41) is 4.65. The average Bonchev–Trinajstić information content (AvgIpc) is 2.91. The molecule has 0 radical (unpaired) electrons. The van der Waals surface area contributed by atoms with E-state index in [4.69, 9.17) is 0 Å². The zero-order chi connectivity index (χ0) is 22.4. The minimum Gasteiger partial charge on any atom is -0.381 e. The molecule has 0 aliphatic carbocycles. The Balaban J connectivity index is 1.93. The first-order chi connectivity index (χ1) is 13.9. The standard InChI is InChI=1S/C20H22F3N3O4/c1-4-20(22,23)19(2,3)9-24-15-11(21)6-5-10-14(15)18(30)26(17(10)29)12-7-8-13(27)25-16(12)28/h5-6,12,24H,4,7-9H2,1-3H3,(H,25,27,28). The number of piperidine rings is 1. The maximum atomic E-state index is 14.5. The lowest BCUT2D eigenvalue weighted by Gasteiger charge is -2.34. The van der Waals surface area contributed by atoms with E-state index in [0.717, 1.165) is 12.1 Å². The molecule has 0 spiro atoms. The number of fused-ring (bicyclic) bond motifs is 1. The van der Waals surface area contributed by atoms with Crippen molar-refractivity contribution in [1.82, 2.24) is 10.2 Å². The number of imide groups is 2. The molecule has 10 heteroatoms. The van der Waals surface area contributed by atoms with Crippen LogP contribution in [-0.4, -0.2) is 47.0 Å². The predicted molar refractivity (Wildman–Crippen MR) is 101 cm³/mol. The van der Waals surface area contributed by atoms with Crippen LogP contribution in [0, 0.1) is 11.2 Å². The highest BCUT2D eigenvalue weighted by atomic mass is 19.3. The number of nitrogens with one attached hydrogen (secondary N) is 2. The van der Waals surface area contributed by atoms with Gasteiger partial charge in [0.2, 0.25) is 11.8 Å². The van der Waals surface area contributed by atoms with Crippen LogP contribution in [0.25, 0.3) is 0 Å². The van der Waals surface area contributed by atoms with Gasteiger partial charge < -0.3 is 5.32 Å². The fourth-order valence-corrected chi connectivity index (χ4v) is 3.62.